The minimum atomic E-state index is 0.629. The lowest BCUT2D eigenvalue weighted by Crippen LogP contribution is -1.94. The fraction of sp³-hybridized carbons (Fsp3) is 0.375. The van der Waals surface area contributed by atoms with Gasteiger partial charge in [-0.05, 0) is 31.9 Å². The second-order valence-corrected chi connectivity index (χ2v) is 6.86. The number of hydrogen-bond donors (Lipinski definition) is 0. The van der Waals surface area contributed by atoms with Crippen molar-refractivity contribution in [3.8, 4) is 11.3 Å². The zero-order valence-electron chi connectivity index (χ0n) is 12.3. The Labute approximate surface area is 123 Å². The summed E-state index contributed by atoms with van der Waals surface area (Å²) in [6.45, 7) is 8.66. The fourth-order valence-corrected chi connectivity index (χ4v) is 3.52. The van der Waals surface area contributed by atoms with Crippen molar-refractivity contribution in [2.24, 2.45) is 5.92 Å². The predicted molar refractivity (Wildman–Crippen MR) is 84.3 cm³/mol. The summed E-state index contributed by atoms with van der Waals surface area (Å²) >= 11 is 1.69. The molecular weight excluding hydrogens is 266 g/mol. The number of aromatic nitrogens is 3. The van der Waals surface area contributed by atoms with E-state index in [4.69, 9.17) is 4.98 Å². The van der Waals surface area contributed by atoms with Crippen molar-refractivity contribution in [3.63, 3.8) is 0 Å². The molecule has 3 rings (SSSR count). The summed E-state index contributed by atoms with van der Waals surface area (Å²) in [6, 6.07) is 6.53. The summed E-state index contributed by atoms with van der Waals surface area (Å²) in [7, 11) is 0. The van der Waals surface area contributed by atoms with Crippen LogP contribution in [0.5, 0.6) is 0 Å². The quantitative estimate of drug-likeness (QED) is 0.719. The minimum absolute atomic E-state index is 0.629. The molecule has 0 N–H and O–H groups in total. The molecule has 0 aliphatic carbocycles. The lowest BCUT2D eigenvalue weighted by molar-refractivity contribution is 0.637. The highest BCUT2D eigenvalue weighted by Crippen LogP contribution is 2.25. The van der Waals surface area contributed by atoms with E-state index in [-0.39, 0.29) is 0 Å². The Morgan fingerprint density at radius 1 is 1.15 bits per heavy atom. The highest BCUT2D eigenvalue weighted by Gasteiger charge is 2.11. The summed E-state index contributed by atoms with van der Waals surface area (Å²) in [5.74, 6) is 0.629. The van der Waals surface area contributed by atoms with Crippen molar-refractivity contribution in [1.82, 2.24) is 14.6 Å². The molecule has 0 aliphatic rings. The second-order valence-electron chi connectivity index (χ2n) is 5.82. The van der Waals surface area contributed by atoms with Crippen LogP contribution in [0.15, 0.2) is 24.4 Å². The average Bonchev–Trinajstić information content (AvgIpc) is 2.84. The van der Waals surface area contributed by atoms with Gasteiger partial charge in [-0.15, -0.1) is 0 Å². The van der Waals surface area contributed by atoms with Gasteiger partial charge in [-0.3, -0.25) is 0 Å². The predicted octanol–water partition coefficient (Wildman–Crippen LogP) is 4.27. The van der Waals surface area contributed by atoms with Gasteiger partial charge in [0.05, 0.1) is 11.9 Å². The first kappa shape index (κ1) is 13.3. The SMILES string of the molecule is Cc1cc(C)cc(-c2cn3nc(CC(C)C)sc3n2)c1. The normalized spacial score (nSPS) is 11.7. The smallest absolute Gasteiger partial charge is 0.212 e. The van der Waals surface area contributed by atoms with Gasteiger partial charge in [0.1, 0.15) is 5.01 Å². The van der Waals surface area contributed by atoms with Crippen LogP contribution >= 0.6 is 11.3 Å². The molecule has 4 heteroatoms. The summed E-state index contributed by atoms with van der Waals surface area (Å²) in [4.78, 5) is 5.69. The Hall–Kier alpha value is -1.68. The van der Waals surface area contributed by atoms with Crippen LogP contribution in [0, 0.1) is 19.8 Å². The van der Waals surface area contributed by atoms with Gasteiger partial charge in [-0.25, -0.2) is 9.50 Å². The van der Waals surface area contributed by atoms with Gasteiger partial charge in [0.2, 0.25) is 4.96 Å². The molecule has 0 amide bonds. The summed E-state index contributed by atoms with van der Waals surface area (Å²) in [6.07, 6.45) is 3.05. The molecule has 1 aromatic carbocycles. The van der Waals surface area contributed by atoms with Crippen LogP contribution in [0.3, 0.4) is 0 Å². The van der Waals surface area contributed by atoms with Crippen LogP contribution in [0.4, 0.5) is 0 Å². The molecule has 0 bridgehead atoms. The van der Waals surface area contributed by atoms with E-state index in [0.29, 0.717) is 5.92 Å². The van der Waals surface area contributed by atoms with Crippen molar-refractivity contribution >= 4 is 16.3 Å². The molecule has 0 saturated heterocycles. The van der Waals surface area contributed by atoms with E-state index in [0.717, 1.165) is 22.1 Å². The van der Waals surface area contributed by atoms with E-state index >= 15 is 0 Å². The van der Waals surface area contributed by atoms with Crippen molar-refractivity contribution in [3.05, 3.63) is 40.5 Å². The number of nitrogens with zero attached hydrogens (tertiary/aromatic N) is 3. The molecule has 0 fully saturated rings. The van der Waals surface area contributed by atoms with Crippen LogP contribution < -0.4 is 0 Å². The molecule has 0 saturated carbocycles. The molecular formula is C16H19N3S. The lowest BCUT2D eigenvalue weighted by Gasteiger charge is -2.01. The molecule has 2 heterocycles. The molecule has 104 valence electrons. The van der Waals surface area contributed by atoms with E-state index < -0.39 is 0 Å². The third-order valence-electron chi connectivity index (χ3n) is 3.19. The lowest BCUT2D eigenvalue weighted by atomic mass is 10.1. The molecule has 0 aliphatic heterocycles. The van der Waals surface area contributed by atoms with Gasteiger partial charge in [0.25, 0.3) is 0 Å². The van der Waals surface area contributed by atoms with Gasteiger partial charge in [-0.1, -0.05) is 42.4 Å². The van der Waals surface area contributed by atoms with Gasteiger partial charge in [-0.2, -0.15) is 5.10 Å². The van der Waals surface area contributed by atoms with Crippen LogP contribution in [0.25, 0.3) is 16.2 Å². The maximum atomic E-state index is 4.71. The Bertz CT molecular complexity index is 701. The van der Waals surface area contributed by atoms with Crippen LogP contribution in [-0.2, 0) is 6.42 Å². The molecule has 3 nitrogen and oxygen atoms in total. The summed E-state index contributed by atoms with van der Waals surface area (Å²) in [5.41, 5.74) is 4.71. The number of fused-ring (bicyclic) bond motifs is 1. The Balaban J connectivity index is 1.99. The standard InChI is InChI=1S/C16H19N3S/c1-10(2)5-15-18-19-9-14(17-16(19)20-15)13-7-11(3)6-12(4)8-13/h6-10H,5H2,1-4H3. The molecule has 3 aromatic rings. The van der Waals surface area contributed by atoms with Crippen LogP contribution in [0.1, 0.15) is 30.0 Å². The van der Waals surface area contributed by atoms with Crippen molar-refractivity contribution in [2.45, 2.75) is 34.1 Å². The van der Waals surface area contributed by atoms with E-state index in [1.807, 2.05) is 10.7 Å². The Morgan fingerprint density at radius 2 is 1.85 bits per heavy atom. The number of aryl methyl sites for hydroxylation is 2. The molecule has 0 unspecified atom stereocenters. The average molecular weight is 285 g/mol. The number of benzene rings is 1. The summed E-state index contributed by atoms with van der Waals surface area (Å²) in [5, 5.41) is 5.78. The number of rotatable bonds is 3. The summed E-state index contributed by atoms with van der Waals surface area (Å²) < 4.78 is 1.91. The Kier molecular flexibility index (Phi) is 3.34. The fourth-order valence-electron chi connectivity index (χ4n) is 2.43. The highest BCUT2D eigenvalue weighted by molar-refractivity contribution is 7.16. The largest absolute Gasteiger partial charge is 0.217 e. The zero-order valence-corrected chi connectivity index (χ0v) is 13.2. The molecule has 0 radical (unpaired) electrons. The van der Waals surface area contributed by atoms with Gasteiger partial charge >= 0.3 is 0 Å². The third kappa shape index (κ3) is 2.61. The number of hydrogen-bond acceptors (Lipinski definition) is 3. The maximum absolute atomic E-state index is 4.71. The van der Waals surface area contributed by atoms with Crippen molar-refractivity contribution in [1.29, 1.82) is 0 Å². The first-order valence-electron chi connectivity index (χ1n) is 6.95. The zero-order chi connectivity index (χ0) is 14.3. The molecule has 0 spiro atoms. The minimum Gasteiger partial charge on any atom is -0.217 e. The van der Waals surface area contributed by atoms with Gasteiger partial charge in [0.15, 0.2) is 0 Å². The monoisotopic (exact) mass is 285 g/mol. The number of imidazole rings is 1. The molecule has 20 heavy (non-hydrogen) atoms. The third-order valence-corrected chi connectivity index (χ3v) is 4.13. The van der Waals surface area contributed by atoms with E-state index in [1.165, 1.54) is 16.7 Å². The Morgan fingerprint density at radius 3 is 2.45 bits per heavy atom. The van der Waals surface area contributed by atoms with Gasteiger partial charge in [0, 0.05) is 12.0 Å². The maximum Gasteiger partial charge on any atom is 0.212 e. The van der Waals surface area contributed by atoms with Crippen LogP contribution in [0.2, 0.25) is 0 Å². The molecule has 2 aromatic heterocycles. The molecule has 0 atom stereocenters. The highest BCUT2D eigenvalue weighted by atomic mass is 32.1. The van der Waals surface area contributed by atoms with E-state index in [1.54, 1.807) is 11.3 Å². The van der Waals surface area contributed by atoms with Crippen LogP contribution in [-0.4, -0.2) is 14.6 Å². The first-order chi connectivity index (χ1) is 9.51. The topological polar surface area (TPSA) is 30.2 Å². The second kappa shape index (κ2) is 5.02. The first-order valence-corrected chi connectivity index (χ1v) is 7.76. The van der Waals surface area contributed by atoms with Crippen molar-refractivity contribution in [2.75, 3.05) is 0 Å². The van der Waals surface area contributed by atoms with Gasteiger partial charge < -0.3 is 0 Å². The van der Waals surface area contributed by atoms with E-state index in [9.17, 15) is 0 Å². The van der Waals surface area contributed by atoms with Crippen molar-refractivity contribution < 1.29 is 0 Å². The van der Waals surface area contributed by atoms with E-state index in [2.05, 4.69) is 51.0 Å².